The minimum absolute atomic E-state index is 0.0549. The summed E-state index contributed by atoms with van der Waals surface area (Å²) in [5, 5.41) is 8.82. The largest absolute Gasteiger partial charge is 0.396 e. The van der Waals surface area contributed by atoms with E-state index in [1.165, 1.54) is 6.08 Å². The van der Waals surface area contributed by atoms with Gasteiger partial charge in [0.2, 0.25) is 0 Å². The van der Waals surface area contributed by atoms with Gasteiger partial charge in [0.25, 0.3) is 0 Å². The van der Waals surface area contributed by atoms with Crippen molar-refractivity contribution < 1.29 is 13.5 Å². The quantitative estimate of drug-likeness (QED) is 0.767. The summed E-state index contributed by atoms with van der Waals surface area (Å²) in [4.78, 5) is 0.291. The van der Waals surface area contributed by atoms with E-state index >= 15 is 0 Å². The first-order valence-electron chi connectivity index (χ1n) is 4.64. The summed E-state index contributed by atoms with van der Waals surface area (Å²) in [6, 6.07) is 6.71. The van der Waals surface area contributed by atoms with Crippen LogP contribution in [0.5, 0.6) is 0 Å². The Labute approximate surface area is 90.0 Å². The van der Waals surface area contributed by atoms with E-state index < -0.39 is 9.84 Å². The zero-order valence-electron chi connectivity index (χ0n) is 8.39. The molecule has 1 N–H and O–H groups in total. The van der Waals surface area contributed by atoms with Gasteiger partial charge in [0.15, 0.2) is 9.84 Å². The summed E-state index contributed by atoms with van der Waals surface area (Å²) in [5.74, 6) is -0.0740. The molecule has 82 valence electrons. The van der Waals surface area contributed by atoms with Crippen LogP contribution in [0.15, 0.2) is 41.8 Å². The van der Waals surface area contributed by atoms with Crippen molar-refractivity contribution in [1.82, 2.24) is 0 Å². The second kappa shape index (κ2) is 5.09. The average Bonchev–Trinajstić information content (AvgIpc) is 2.19. The van der Waals surface area contributed by atoms with Crippen LogP contribution in [-0.4, -0.2) is 25.9 Å². The lowest BCUT2D eigenvalue weighted by molar-refractivity contribution is 0.298. The van der Waals surface area contributed by atoms with E-state index in [2.05, 4.69) is 6.58 Å². The summed E-state index contributed by atoms with van der Waals surface area (Å²) in [5.41, 5.74) is 0.654. The van der Waals surface area contributed by atoms with Crippen molar-refractivity contribution in [3.05, 3.63) is 42.5 Å². The number of rotatable bonds is 5. The predicted molar refractivity (Wildman–Crippen MR) is 59.5 cm³/mol. The first-order chi connectivity index (χ1) is 7.11. The van der Waals surface area contributed by atoms with Gasteiger partial charge in [0.1, 0.15) is 0 Å². The molecule has 0 heterocycles. The van der Waals surface area contributed by atoms with Crippen LogP contribution in [0, 0.1) is 0 Å². The van der Waals surface area contributed by atoms with E-state index in [9.17, 15) is 8.42 Å². The zero-order valence-corrected chi connectivity index (χ0v) is 9.20. The number of benzene rings is 1. The molecular weight excluding hydrogens is 212 g/mol. The highest BCUT2D eigenvalue weighted by atomic mass is 32.2. The average molecular weight is 226 g/mol. The highest BCUT2D eigenvalue weighted by Crippen LogP contribution is 2.17. The van der Waals surface area contributed by atoms with Crippen molar-refractivity contribution in [3.8, 4) is 0 Å². The predicted octanol–water partition coefficient (Wildman–Crippen LogP) is 1.18. The molecule has 0 spiro atoms. The third kappa shape index (κ3) is 2.91. The lowest BCUT2D eigenvalue weighted by Crippen LogP contribution is -2.08. The Morgan fingerprint density at radius 3 is 2.60 bits per heavy atom. The maximum absolute atomic E-state index is 11.8. The van der Waals surface area contributed by atoms with Gasteiger partial charge >= 0.3 is 0 Å². The SMILES string of the molecule is C=CCS(=O)(=O)c1ccccc1CCO. The topological polar surface area (TPSA) is 54.4 Å². The molecule has 0 aliphatic carbocycles. The fraction of sp³-hybridized carbons (Fsp3) is 0.273. The molecule has 0 unspecified atom stereocenters. The summed E-state index contributed by atoms with van der Waals surface area (Å²) >= 11 is 0. The number of hydrogen-bond donors (Lipinski definition) is 1. The highest BCUT2D eigenvalue weighted by Gasteiger charge is 2.15. The molecule has 0 fully saturated rings. The van der Waals surface area contributed by atoms with E-state index in [0.29, 0.717) is 16.9 Å². The molecule has 0 saturated heterocycles. The fourth-order valence-corrected chi connectivity index (χ4v) is 2.72. The fourth-order valence-electron chi connectivity index (χ4n) is 1.38. The number of aliphatic hydroxyl groups is 1. The van der Waals surface area contributed by atoms with Gasteiger partial charge in [-0.05, 0) is 18.1 Å². The van der Waals surface area contributed by atoms with E-state index in [1.807, 2.05) is 0 Å². The normalized spacial score (nSPS) is 11.3. The molecule has 4 heteroatoms. The van der Waals surface area contributed by atoms with Crippen molar-refractivity contribution in [2.45, 2.75) is 11.3 Å². The molecule has 0 aliphatic rings. The minimum Gasteiger partial charge on any atom is -0.396 e. The van der Waals surface area contributed by atoms with Crippen molar-refractivity contribution >= 4 is 9.84 Å². The van der Waals surface area contributed by atoms with Crippen LogP contribution in [0.4, 0.5) is 0 Å². The van der Waals surface area contributed by atoms with Gasteiger partial charge in [-0.25, -0.2) is 8.42 Å². The summed E-state index contributed by atoms with van der Waals surface area (Å²) in [6.45, 7) is 3.36. The van der Waals surface area contributed by atoms with Crippen LogP contribution < -0.4 is 0 Å². The Bertz CT molecular complexity index is 435. The monoisotopic (exact) mass is 226 g/mol. The smallest absolute Gasteiger partial charge is 0.182 e. The van der Waals surface area contributed by atoms with Crippen LogP contribution in [0.25, 0.3) is 0 Å². The van der Waals surface area contributed by atoms with Crippen molar-refractivity contribution in [1.29, 1.82) is 0 Å². The number of hydrogen-bond acceptors (Lipinski definition) is 3. The summed E-state index contributed by atoms with van der Waals surface area (Å²) in [7, 11) is -3.29. The molecule has 0 aliphatic heterocycles. The van der Waals surface area contributed by atoms with Crippen LogP contribution >= 0.6 is 0 Å². The Balaban J connectivity index is 3.18. The van der Waals surface area contributed by atoms with Crippen molar-refractivity contribution in [2.75, 3.05) is 12.4 Å². The molecular formula is C11H14O3S. The summed E-state index contributed by atoms with van der Waals surface area (Å²) < 4.78 is 23.5. The van der Waals surface area contributed by atoms with E-state index in [0.717, 1.165) is 0 Å². The Hall–Kier alpha value is -1.13. The lowest BCUT2D eigenvalue weighted by Gasteiger charge is -2.07. The molecule has 0 aromatic heterocycles. The standard InChI is InChI=1S/C11H14O3S/c1-2-9-15(13,14)11-6-4-3-5-10(11)7-8-12/h2-6,12H,1,7-9H2. The highest BCUT2D eigenvalue weighted by molar-refractivity contribution is 7.91. The van der Waals surface area contributed by atoms with Gasteiger partial charge in [0.05, 0.1) is 10.6 Å². The Morgan fingerprint density at radius 2 is 2.00 bits per heavy atom. The van der Waals surface area contributed by atoms with Gasteiger partial charge in [-0.15, -0.1) is 6.58 Å². The van der Waals surface area contributed by atoms with Crippen LogP contribution in [-0.2, 0) is 16.3 Å². The minimum atomic E-state index is -3.29. The van der Waals surface area contributed by atoms with Crippen LogP contribution in [0.2, 0.25) is 0 Å². The van der Waals surface area contributed by atoms with Gasteiger partial charge in [-0.3, -0.25) is 0 Å². The molecule has 0 radical (unpaired) electrons. The van der Waals surface area contributed by atoms with Crippen LogP contribution in [0.3, 0.4) is 0 Å². The maximum atomic E-state index is 11.8. The second-order valence-corrected chi connectivity index (χ2v) is 5.15. The van der Waals surface area contributed by atoms with Gasteiger partial charge in [-0.2, -0.15) is 0 Å². The molecule has 1 aromatic rings. The summed E-state index contributed by atoms with van der Waals surface area (Å²) in [6.07, 6.45) is 1.72. The van der Waals surface area contributed by atoms with Crippen LogP contribution in [0.1, 0.15) is 5.56 Å². The van der Waals surface area contributed by atoms with Crippen molar-refractivity contribution in [3.63, 3.8) is 0 Å². The van der Waals surface area contributed by atoms with Gasteiger partial charge in [0, 0.05) is 6.61 Å². The lowest BCUT2D eigenvalue weighted by atomic mass is 10.2. The van der Waals surface area contributed by atoms with E-state index in [-0.39, 0.29) is 12.4 Å². The number of aliphatic hydroxyl groups excluding tert-OH is 1. The Morgan fingerprint density at radius 1 is 1.33 bits per heavy atom. The molecule has 0 atom stereocenters. The Kier molecular flexibility index (Phi) is 4.05. The zero-order chi connectivity index (χ0) is 11.3. The van der Waals surface area contributed by atoms with Crippen molar-refractivity contribution in [2.24, 2.45) is 0 Å². The molecule has 0 saturated carbocycles. The molecule has 0 amide bonds. The second-order valence-electron chi connectivity index (χ2n) is 3.15. The first-order valence-corrected chi connectivity index (χ1v) is 6.29. The maximum Gasteiger partial charge on any atom is 0.182 e. The van der Waals surface area contributed by atoms with Gasteiger partial charge < -0.3 is 5.11 Å². The number of sulfone groups is 1. The third-order valence-electron chi connectivity index (χ3n) is 2.03. The molecule has 3 nitrogen and oxygen atoms in total. The first kappa shape index (κ1) is 11.9. The molecule has 15 heavy (non-hydrogen) atoms. The van der Waals surface area contributed by atoms with Gasteiger partial charge in [-0.1, -0.05) is 24.3 Å². The van der Waals surface area contributed by atoms with E-state index in [1.54, 1.807) is 24.3 Å². The third-order valence-corrected chi connectivity index (χ3v) is 3.77. The molecule has 0 bridgehead atoms. The van der Waals surface area contributed by atoms with E-state index in [4.69, 9.17) is 5.11 Å². The molecule has 1 rings (SSSR count). The molecule has 1 aromatic carbocycles.